The molecule has 6 heteroatoms. The third kappa shape index (κ3) is 8.80. The first kappa shape index (κ1) is 31.3. The fourth-order valence-corrected chi connectivity index (χ4v) is 4.34. The highest BCUT2D eigenvalue weighted by Crippen LogP contribution is 2.28. The largest absolute Gasteiger partial charge is 0.335 e. The number of likely N-dealkylation sites (N-methyl/N-ethyl adjacent to an activating group) is 1. The van der Waals surface area contributed by atoms with E-state index >= 15 is 0 Å². The van der Waals surface area contributed by atoms with E-state index in [1.807, 2.05) is 64.1 Å². The summed E-state index contributed by atoms with van der Waals surface area (Å²) in [5.74, 6) is -0.0242. The molecule has 0 radical (unpaired) electrons. The number of benzene rings is 2. The second-order valence-electron chi connectivity index (χ2n) is 9.20. The van der Waals surface area contributed by atoms with E-state index in [0.29, 0.717) is 43.9 Å². The lowest BCUT2D eigenvalue weighted by atomic mass is 10.1. The van der Waals surface area contributed by atoms with Crippen LogP contribution >= 0.6 is 0 Å². The molecule has 1 heterocycles. The van der Waals surface area contributed by atoms with Crippen molar-refractivity contribution in [2.45, 2.75) is 54.1 Å². The first-order valence-electron chi connectivity index (χ1n) is 13.7. The number of amides is 2. The minimum absolute atomic E-state index is 0.0142. The first-order chi connectivity index (χ1) is 18.9. The van der Waals surface area contributed by atoms with E-state index < -0.39 is 0 Å². The van der Waals surface area contributed by atoms with Gasteiger partial charge in [-0.05, 0) is 68.7 Å². The second-order valence-corrected chi connectivity index (χ2v) is 9.20. The lowest BCUT2D eigenvalue weighted by Crippen LogP contribution is -2.37. The fourth-order valence-electron chi connectivity index (χ4n) is 4.34. The molecule has 2 aromatic rings. The lowest BCUT2D eigenvalue weighted by molar-refractivity contribution is -0.119. The maximum absolute atomic E-state index is 13.4. The number of allylic oxidation sites excluding steroid dienone is 3. The molecule has 0 bridgehead atoms. The monoisotopic (exact) mass is 526 g/mol. The minimum Gasteiger partial charge on any atom is -0.335 e. The highest BCUT2D eigenvalue weighted by molar-refractivity contribution is 5.96. The Balaban J connectivity index is 0.00000260. The SMILES string of the molecule is C=CCN(CC)C(=O)c1ccc(CN2C(=O)CN(CC/C=C\C(C)=C/C)Cc3cc(C#N)ccc32)cc1.CC. The van der Waals surface area contributed by atoms with E-state index in [-0.39, 0.29) is 11.8 Å². The molecule has 1 aliphatic rings. The van der Waals surface area contributed by atoms with Gasteiger partial charge >= 0.3 is 0 Å². The molecule has 0 aliphatic carbocycles. The van der Waals surface area contributed by atoms with Crippen molar-refractivity contribution in [1.82, 2.24) is 9.80 Å². The fraction of sp³-hybridized carbons (Fsp3) is 0.364. The third-order valence-electron chi connectivity index (χ3n) is 6.56. The molecule has 6 nitrogen and oxygen atoms in total. The lowest BCUT2D eigenvalue weighted by Gasteiger charge is -2.24. The number of anilines is 1. The zero-order valence-corrected chi connectivity index (χ0v) is 24.1. The van der Waals surface area contributed by atoms with Crippen molar-refractivity contribution in [1.29, 1.82) is 5.26 Å². The number of carbonyl (C=O) groups excluding carboxylic acids is 2. The van der Waals surface area contributed by atoms with Gasteiger partial charge in [-0.1, -0.05) is 55.9 Å². The summed E-state index contributed by atoms with van der Waals surface area (Å²) in [6.45, 7) is 16.9. The zero-order chi connectivity index (χ0) is 28.8. The second kappa shape index (κ2) is 16.1. The topological polar surface area (TPSA) is 67.7 Å². The Morgan fingerprint density at radius 1 is 1.15 bits per heavy atom. The number of fused-ring (bicyclic) bond motifs is 1. The maximum Gasteiger partial charge on any atom is 0.254 e. The van der Waals surface area contributed by atoms with Crippen LogP contribution in [0.15, 0.2) is 78.9 Å². The molecular weight excluding hydrogens is 484 g/mol. The van der Waals surface area contributed by atoms with Crippen molar-refractivity contribution in [2.24, 2.45) is 0 Å². The van der Waals surface area contributed by atoms with Gasteiger partial charge in [0.05, 0.1) is 24.7 Å². The van der Waals surface area contributed by atoms with E-state index in [1.54, 1.807) is 21.9 Å². The van der Waals surface area contributed by atoms with Crippen LogP contribution < -0.4 is 4.90 Å². The predicted molar refractivity (Wildman–Crippen MR) is 160 cm³/mol. The van der Waals surface area contributed by atoms with Crippen LogP contribution in [0.25, 0.3) is 0 Å². The van der Waals surface area contributed by atoms with Crippen molar-refractivity contribution >= 4 is 17.5 Å². The molecular formula is C33H42N4O2. The van der Waals surface area contributed by atoms with Crippen molar-refractivity contribution in [3.05, 3.63) is 101 Å². The quantitative estimate of drug-likeness (QED) is 0.262. The van der Waals surface area contributed by atoms with Crippen LogP contribution in [0.3, 0.4) is 0 Å². The van der Waals surface area contributed by atoms with Crippen LogP contribution in [0.1, 0.15) is 68.1 Å². The van der Waals surface area contributed by atoms with Crippen LogP contribution in [-0.4, -0.2) is 47.8 Å². The maximum atomic E-state index is 13.4. The molecule has 2 aromatic carbocycles. The molecule has 3 rings (SSSR count). The smallest absolute Gasteiger partial charge is 0.254 e. The molecule has 0 atom stereocenters. The van der Waals surface area contributed by atoms with Gasteiger partial charge in [-0.2, -0.15) is 5.26 Å². The van der Waals surface area contributed by atoms with Gasteiger partial charge in [0.2, 0.25) is 5.91 Å². The molecule has 0 N–H and O–H groups in total. The Morgan fingerprint density at radius 3 is 2.49 bits per heavy atom. The minimum atomic E-state index is -0.0384. The molecule has 0 saturated heterocycles. The predicted octanol–water partition coefficient (Wildman–Crippen LogP) is 6.49. The summed E-state index contributed by atoms with van der Waals surface area (Å²) in [7, 11) is 0. The summed E-state index contributed by atoms with van der Waals surface area (Å²) in [6, 6.07) is 15.2. The van der Waals surface area contributed by atoms with E-state index in [4.69, 9.17) is 0 Å². The van der Waals surface area contributed by atoms with Gasteiger partial charge in [0, 0.05) is 37.4 Å². The van der Waals surface area contributed by atoms with Crippen LogP contribution in [0, 0.1) is 11.3 Å². The van der Waals surface area contributed by atoms with Crippen LogP contribution in [0.2, 0.25) is 0 Å². The number of hydrogen-bond donors (Lipinski definition) is 0. The first-order valence-corrected chi connectivity index (χ1v) is 13.7. The van der Waals surface area contributed by atoms with Crippen molar-refractivity contribution in [2.75, 3.05) is 31.1 Å². The molecule has 206 valence electrons. The van der Waals surface area contributed by atoms with Crippen LogP contribution in [0.5, 0.6) is 0 Å². The van der Waals surface area contributed by atoms with Gasteiger partial charge in [-0.3, -0.25) is 14.5 Å². The van der Waals surface area contributed by atoms with Gasteiger partial charge in [0.15, 0.2) is 0 Å². The van der Waals surface area contributed by atoms with Crippen LogP contribution in [-0.2, 0) is 17.9 Å². The number of rotatable bonds is 10. The highest BCUT2D eigenvalue weighted by Gasteiger charge is 2.26. The van der Waals surface area contributed by atoms with E-state index in [2.05, 4.69) is 42.7 Å². The molecule has 0 unspecified atom stereocenters. The van der Waals surface area contributed by atoms with Crippen LogP contribution in [0.4, 0.5) is 5.69 Å². The van der Waals surface area contributed by atoms with Crippen molar-refractivity contribution in [3.63, 3.8) is 0 Å². The third-order valence-corrected chi connectivity index (χ3v) is 6.56. The van der Waals surface area contributed by atoms with Gasteiger partial charge in [-0.25, -0.2) is 0 Å². The standard InChI is InChI=1S/C31H36N4O2.C2H6/c1-5-17-34(7-3)31(37)27-14-11-25(12-15-27)21-35-29-16-13-26(20-32)19-28(29)22-33(23-30(35)36)18-9-8-10-24(4)6-2;1-2/h5-6,8,10-16,19H,1,7,9,17-18,21-23H2,2-4H3;1-2H3/b10-8-,24-6-;. The average Bonchev–Trinajstić information content (AvgIpc) is 3.10. The Bertz CT molecular complexity index is 1220. The molecule has 2 amide bonds. The molecule has 0 spiro atoms. The molecule has 0 saturated carbocycles. The number of nitriles is 1. The summed E-state index contributed by atoms with van der Waals surface area (Å²) >= 11 is 0. The molecule has 0 fully saturated rings. The van der Waals surface area contributed by atoms with Crippen molar-refractivity contribution in [3.8, 4) is 6.07 Å². The Hall–Kier alpha value is -3.95. The van der Waals surface area contributed by atoms with E-state index in [1.165, 1.54) is 5.57 Å². The normalized spacial score (nSPS) is 13.7. The summed E-state index contributed by atoms with van der Waals surface area (Å²) < 4.78 is 0. The van der Waals surface area contributed by atoms with Gasteiger partial charge in [0.1, 0.15) is 0 Å². The van der Waals surface area contributed by atoms with Gasteiger partial charge in [-0.15, -0.1) is 6.58 Å². The van der Waals surface area contributed by atoms with E-state index in [9.17, 15) is 14.9 Å². The summed E-state index contributed by atoms with van der Waals surface area (Å²) in [5, 5.41) is 9.44. The zero-order valence-electron chi connectivity index (χ0n) is 24.1. The Kier molecular flexibility index (Phi) is 12.9. The molecule has 1 aliphatic heterocycles. The summed E-state index contributed by atoms with van der Waals surface area (Å²) in [4.78, 5) is 31.9. The molecule has 39 heavy (non-hydrogen) atoms. The van der Waals surface area contributed by atoms with E-state index in [0.717, 1.165) is 29.8 Å². The number of carbonyl (C=O) groups is 2. The Labute approximate surface area is 234 Å². The van der Waals surface area contributed by atoms with Gasteiger partial charge in [0.25, 0.3) is 5.91 Å². The molecule has 0 aromatic heterocycles. The summed E-state index contributed by atoms with van der Waals surface area (Å²) in [6.07, 6.45) is 8.85. The highest BCUT2D eigenvalue weighted by atomic mass is 16.2. The number of hydrogen-bond acceptors (Lipinski definition) is 4. The summed E-state index contributed by atoms with van der Waals surface area (Å²) in [5.41, 5.74) is 5.13. The Morgan fingerprint density at radius 2 is 1.87 bits per heavy atom. The van der Waals surface area contributed by atoms with Gasteiger partial charge < -0.3 is 9.80 Å². The number of nitrogens with zero attached hydrogens (tertiary/aromatic N) is 4. The van der Waals surface area contributed by atoms with Crippen molar-refractivity contribution < 1.29 is 9.59 Å². The average molecular weight is 527 g/mol.